The summed E-state index contributed by atoms with van der Waals surface area (Å²) in [5.41, 5.74) is 1.32. The van der Waals surface area contributed by atoms with Gasteiger partial charge in [-0.15, -0.1) is 6.58 Å². The summed E-state index contributed by atoms with van der Waals surface area (Å²) in [6.07, 6.45) is 3.90. The highest BCUT2D eigenvalue weighted by Gasteiger charge is 1.97. The lowest BCUT2D eigenvalue weighted by molar-refractivity contribution is 0.414. The van der Waals surface area contributed by atoms with E-state index in [9.17, 15) is 0 Å². The van der Waals surface area contributed by atoms with E-state index in [1.165, 1.54) is 5.56 Å². The predicted octanol–water partition coefficient (Wildman–Crippen LogP) is 1.98. The van der Waals surface area contributed by atoms with Gasteiger partial charge in [-0.1, -0.05) is 18.2 Å². The first kappa shape index (κ1) is 15.1. The third-order valence-electron chi connectivity index (χ3n) is 2.73. The minimum Gasteiger partial charge on any atom is -0.497 e. The summed E-state index contributed by atoms with van der Waals surface area (Å²) in [5.74, 6) is 1.71. The Bertz CT molecular complexity index is 398. The number of methoxy groups -OCH3 is 1. The zero-order chi connectivity index (χ0) is 13.9. The Kier molecular flexibility index (Phi) is 7.17. The lowest BCUT2D eigenvalue weighted by Crippen LogP contribution is -2.37. The third kappa shape index (κ3) is 5.95. The molecule has 0 amide bonds. The second-order valence-corrected chi connectivity index (χ2v) is 4.12. The maximum atomic E-state index is 5.13. The summed E-state index contributed by atoms with van der Waals surface area (Å²) in [7, 11) is 3.45. The van der Waals surface area contributed by atoms with Gasteiger partial charge in [-0.25, -0.2) is 0 Å². The highest BCUT2D eigenvalue weighted by molar-refractivity contribution is 5.79. The van der Waals surface area contributed by atoms with Gasteiger partial charge < -0.3 is 15.4 Å². The summed E-state index contributed by atoms with van der Waals surface area (Å²) < 4.78 is 5.13. The Hall–Kier alpha value is -1.97. The number of hydrogen-bond donors (Lipinski definition) is 2. The van der Waals surface area contributed by atoms with Gasteiger partial charge in [0.25, 0.3) is 0 Å². The number of guanidine groups is 1. The predicted molar refractivity (Wildman–Crippen MR) is 80.9 cm³/mol. The molecule has 0 aliphatic heterocycles. The van der Waals surface area contributed by atoms with Gasteiger partial charge in [0.05, 0.1) is 7.11 Å². The van der Waals surface area contributed by atoms with Crippen LogP contribution >= 0.6 is 0 Å². The molecule has 0 heterocycles. The number of benzene rings is 1. The first-order valence-electron chi connectivity index (χ1n) is 6.48. The lowest BCUT2D eigenvalue weighted by Gasteiger charge is -2.10. The molecule has 19 heavy (non-hydrogen) atoms. The molecule has 1 aromatic rings. The van der Waals surface area contributed by atoms with Crippen molar-refractivity contribution < 1.29 is 4.74 Å². The van der Waals surface area contributed by atoms with Gasteiger partial charge in [-0.2, -0.15) is 0 Å². The van der Waals surface area contributed by atoms with Gasteiger partial charge in [0.15, 0.2) is 5.96 Å². The molecule has 0 radical (unpaired) electrons. The van der Waals surface area contributed by atoms with Crippen molar-refractivity contribution in [3.63, 3.8) is 0 Å². The molecular weight excluding hydrogens is 238 g/mol. The summed E-state index contributed by atoms with van der Waals surface area (Å²) in [6, 6.07) is 8.19. The van der Waals surface area contributed by atoms with Gasteiger partial charge in [0.1, 0.15) is 5.75 Å². The molecule has 0 bridgehead atoms. The van der Waals surface area contributed by atoms with Crippen LogP contribution in [0.15, 0.2) is 41.9 Å². The van der Waals surface area contributed by atoms with Crippen molar-refractivity contribution in [1.29, 1.82) is 0 Å². The van der Waals surface area contributed by atoms with Crippen molar-refractivity contribution >= 4 is 5.96 Å². The van der Waals surface area contributed by atoms with Crippen LogP contribution in [-0.2, 0) is 6.42 Å². The van der Waals surface area contributed by atoms with E-state index in [2.05, 4.69) is 34.3 Å². The fraction of sp³-hybridized carbons (Fsp3) is 0.400. The molecule has 0 saturated carbocycles. The highest BCUT2D eigenvalue weighted by Crippen LogP contribution is 2.12. The Labute approximate surface area is 115 Å². The molecule has 2 N–H and O–H groups in total. The molecule has 0 unspecified atom stereocenters. The van der Waals surface area contributed by atoms with Crippen molar-refractivity contribution in [2.45, 2.75) is 12.8 Å². The Morgan fingerprint density at radius 2 is 2.05 bits per heavy atom. The van der Waals surface area contributed by atoms with Gasteiger partial charge in [0, 0.05) is 20.1 Å². The zero-order valence-corrected chi connectivity index (χ0v) is 11.8. The van der Waals surface area contributed by atoms with Crippen LogP contribution in [0.3, 0.4) is 0 Å². The van der Waals surface area contributed by atoms with Crippen LogP contribution in [0, 0.1) is 0 Å². The standard InChI is InChI=1S/C15H23N3O/c1-4-11-17-15(16-2)18-12-5-6-13-7-9-14(19-3)10-8-13/h4,7-10H,1,5-6,11-12H2,2-3H3,(H2,16,17,18). The summed E-state index contributed by atoms with van der Waals surface area (Å²) in [5, 5.41) is 6.40. The second kappa shape index (κ2) is 9.03. The first-order valence-corrected chi connectivity index (χ1v) is 6.48. The SMILES string of the molecule is C=CCNC(=NC)NCCCc1ccc(OC)cc1. The van der Waals surface area contributed by atoms with E-state index in [0.29, 0.717) is 0 Å². The van der Waals surface area contributed by atoms with E-state index in [-0.39, 0.29) is 0 Å². The van der Waals surface area contributed by atoms with E-state index >= 15 is 0 Å². The average molecular weight is 261 g/mol. The Balaban J connectivity index is 2.24. The highest BCUT2D eigenvalue weighted by atomic mass is 16.5. The molecule has 0 aliphatic rings. The number of nitrogens with one attached hydrogen (secondary N) is 2. The topological polar surface area (TPSA) is 45.7 Å². The monoisotopic (exact) mass is 261 g/mol. The van der Waals surface area contributed by atoms with E-state index in [4.69, 9.17) is 4.74 Å². The van der Waals surface area contributed by atoms with E-state index < -0.39 is 0 Å². The number of rotatable bonds is 7. The molecule has 0 aromatic heterocycles. The average Bonchev–Trinajstić information content (AvgIpc) is 2.47. The van der Waals surface area contributed by atoms with Gasteiger partial charge >= 0.3 is 0 Å². The molecule has 1 rings (SSSR count). The van der Waals surface area contributed by atoms with Crippen LogP contribution in [0.5, 0.6) is 5.75 Å². The van der Waals surface area contributed by atoms with Crippen molar-refractivity contribution in [3.8, 4) is 5.75 Å². The number of ether oxygens (including phenoxy) is 1. The molecule has 4 heteroatoms. The molecule has 0 atom stereocenters. The number of hydrogen-bond acceptors (Lipinski definition) is 2. The van der Waals surface area contributed by atoms with Gasteiger partial charge in [-0.05, 0) is 30.5 Å². The van der Waals surface area contributed by atoms with Crippen LogP contribution in [0.25, 0.3) is 0 Å². The van der Waals surface area contributed by atoms with Crippen molar-refractivity contribution in [1.82, 2.24) is 10.6 Å². The maximum Gasteiger partial charge on any atom is 0.191 e. The second-order valence-electron chi connectivity index (χ2n) is 4.12. The van der Waals surface area contributed by atoms with Crippen LogP contribution in [0.4, 0.5) is 0 Å². The van der Waals surface area contributed by atoms with Crippen molar-refractivity contribution in [2.75, 3.05) is 27.2 Å². The van der Waals surface area contributed by atoms with Crippen LogP contribution in [-0.4, -0.2) is 33.2 Å². The van der Waals surface area contributed by atoms with Crippen molar-refractivity contribution in [3.05, 3.63) is 42.5 Å². The largest absolute Gasteiger partial charge is 0.497 e. The molecule has 0 spiro atoms. The first-order chi connectivity index (χ1) is 9.30. The third-order valence-corrected chi connectivity index (χ3v) is 2.73. The normalized spacial score (nSPS) is 10.9. The van der Waals surface area contributed by atoms with Crippen LogP contribution in [0.2, 0.25) is 0 Å². The van der Waals surface area contributed by atoms with Gasteiger partial charge in [0.2, 0.25) is 0 Å². The molecule has 0 aliphatic carbocycles. The summed E-state index contributed by atoms with van der Waals surface area (Å²) in [6.45, 7) is 5.27. The molecular formula is C15H23N3O. The quantitative estimate of drug-likeness (QED) is 0.341. The molecule has 104 valence electrons. The fourth-order valence-corrected chi connectivity index (χ4v) is 1.68. The summed E-state index contributed by atoms with van der Waals surface area (Å²) in [4.78, 5) is 4.12. The van der Waals surface area contributed by atoms with Crippen LogP contribution in [0.1, 0.15) is 12.0 Å². The minimum atomic E-state index is 0.720. The van der Waals surface area contributed by atoms with Gasteiger partial charge in [-0.3, -0.25) is 4.99 Å². The summed E-state index contributed by atoms with van der Waals surface area (Å²) >= 11 is 0. The minimum absolute atomic E-state index is 0.720. The fourth-order valence-electron chi connectivity index (χ4n) is 1.68. The molecule has 4 nitrogen and oxygen atoms in total. The number of aryl methyl sites for hydroxylation is 1. The van der Waals surface area contributed by atoms with E-state index in [1.54, 1.807) is 14.2 Å². The zero-order valence-electron chi connectivity index (χ0n) is 11.8. The maximum absolute atomic E-state index is 5.13. The molecule has 0 saturated heterocycles. The Morgan fingerprint density at radius 3 is 2.63 bits per heavy atom. The van der Waals surface area contributed by atoms with E-state index in [0.717, 1.165) is 37.6 Å². The van der Waals surface area contributed by atoms with Crippen molar-refractivity contribution in [2.24, 2.45) is 4.99 Å². The van der Waals surface area contributed by atoms with E-state index in [1.807, 2.05) is 18.2 Å². The lowest BCUT2D eigenvalue weighted by atomic mass is 10.1. The molecule has 1 aromatic carbocycles. The smallest absolute Gasteiger partial charge is 0.191 e. The number of aliphatic imine (C=N–C) groups is 1. The molecule has 0 fully saturated rings. The Morgan fingerprint density at radius 1 is 1.32 bits per heavy atom. The number of nitrogens with zero attached hydrogens (tertiary/aromatic N) is 1. The van der Waals surface area contributed by atoms with Crippen LogP contribution < -0.4 is 15.4 Å².